The maximum Gasteiger partial charge on any atom is 0.417 e. The van der Waals surface area contributed by atoms with Crippen LogP contribution in [0.15, 0.2) is 83.8 Å². The predicted octanol–water partition coefficient (Wildman–Crippen LogP) is 5.93. The number of halogens is 4. The van der Waals surface area contributed by atoms with Gasteiger partial charge in [0.15, 0.2) is 0 Å². The number of alkyl halides is 3. The summed E-state index contributed by atoms with van der Waals surface area (Å²) < 4.78 is 40.8. The van der Waals surface area contributed by atoms with E-state index >= 15 is 0 Å². The van der Waals surface area contributed by atoms with Crippen molar-refractivity contribution in [2.75, 3.05) is 5.32 Å². The van der Waals surface area contributed by atoms with Gasteiger partial charge in [-0.25, -0.2) is 0 Å². The fourth-order valence-corrected chi connectivity index (χ4v) is 3.90. The van der Waals surface area contributed by atoms with Gasteiger partial charge in [0.25, 0.3) is 0 Å². The Kier molecular flexibility index (Phi) is 8.98. The molecule has 0 heterocycles. The van der Waals surface area contributed by atoms with Crippen molar-refractivity contribution in [3.05, 3.63) is 95.6 Å². The molecule has 164 valence electrons. The maximum atomic E-state index is 13.6. The van der Waals surface area contributed by atoms with Gasteiger partial charge in [-0.3, -0.25) is 4.79 Å². The van der Waals surface area contributed by atoms with Crippen molar-refractivity contribution in [3.8, 4) is 0 Å². The second kappa shape index (κ2) is 11.2. The highest BCUT2D eigenvalue weighted by atomic mass is 35.5. The van der Waals surface area contributed by atoms with Crippen LogP contribution in [0.25, 0.3) is 0 Å². The minimum Gasteiger partial charge on any atom is -0.325 e. The SMILES string of the molecule is Cl.NC(Cc1ccccc1)C(=O)Nc1ccc(SCc2ccccc2)c(C(F)(F)F)c1. The number of anilines is 1. The van der Waals surface area contributed by atoms with Gasteiger partial charge in [-0.15, -0.1) is 24.2 Å². The second-order valence-corrected chi connectivity index (χ2v) is 7.79. The second-order valence-electron chi connectivity index (χ2n) is 6.77. The van der Waals surface area contributed by atoms with Crippen LogP contribution in [0.1, 0.15) is 16.7 Å². The largest absolute Gasteiger partial charge is 0.417 e. The number of thioether (sulfide) groups is 1. The van der Waals surface area contributed by atoms with Gasteiger partial charge >= 0.3 is 6.18 Å². The van der Waals surface area contributed by atoms with E-state index in [4.69, 9.17) is 5.73 Å². The molecule has 0 aromatic heterocycles. The molecule has 8 heteroatoms. The molecule has 3 N–H and O–H groups in total. The van der Waals surface area contributed by atoms with E-state index in [1.54, 1.807) is 0 Å². The summed E-state index contributed by atoms with van der Waals surface area (Å²) in [5.41, 5.74) is 7.02. The number of nitrogens with one attached hydrogen (secondary N) is 1. The van der Waals surface area contributed by atoms with Crippen LogP contribution in [0.4, 0.5) is 18.9 Å². The number of rotatable bonds is 7. The molecule has 0 fully saturated rings. The van der Waals surface area contributed by atoms with E-state index in [9.17, 15) is 18.0 Å². The van der Waals surface area contributed by atoms with Gasteiger partial charge in [0.1, 0.15) is 0 Å². The molecule has 3 aromatic rings. The highest BCUT2D eigenvalue weighted by Gasteiger charge is 2.34. The van der Waals surface area contributed by atoms with E-state index < -0.39 is 23.7 Å². The van der Waals surface area contributed by atoms with Crippen LogP contribution in [0.5, 0.6) is 0 Å². The molecule has 31 heavy (non-hydrogen) atoms. The van der Waals surface area contributed by atoms with E-state index in [1.165, 1.54) is 12.1 Å². The summed E-state index contributed by atoms with van der Waals surface area (Å²) in [5, 5.41) is 2.50. The van der Waals surface area contributed by atoms with Gasteiger partial charge in [-0.1, -0.05) is 60.7 Å². The average molecular weight is 467 g/mol. The zero-order valence-electron chi connectivity index (χ0n) is 16.4. The Morgan fingerprint density at radius 3 is 2.10 bits per heavy atom. The van der Waals surface area contributed by atoms with Gasteiger partial charge in [0.05, 0.1) is 11.6 Å². The van der Waals surface area contributed by atoms with Crippen molar-refractivity contribution >= 4 is 35.8 Å². The van der Waals surface area contributed by atoms with Crippen molar-refractivity contribution in [3.63, 3.8) is 0 Å². The van der Waals surface area contributed by atoms with Crippen LogP contribution in [0.2, 0.25) is 0 Å². The zero-order chi connectivity index (χ0) is 21.6. The number of hydrogen-bond donors (Lipinski definition) is 2. The normalized spacial score (nSPS) is 12.0. The summed E-state index contributed by atoms with van der Waals surface area (Å²) in [7, 11) is 0. The molecular weight excluding hydrogens is 445 g/mol. The number of nitrogens with two attached hydrogens (primary N) is 1. The molecule has 0 aliphatic heterocycles. The summed E-state index contributed by atoms with van der Waals surface area (Å²) in [6.07, 6.45) is -4.24. The van der Waals surface area contributed by atoms with Crippen molar-refractivity contribution in [2.45, 2.75) is 29.3 Å². The number of benzene rings is 3. The molecule has 0 saturated carbocycles. The molecule has 1 amide bonds. The molecule has 0 saturated heterocycles. The lowest BCUT2D eigenvalue weighted by molar-refractivity contribution is -0.139. The van der Waals surface area contributed by atoms with E-state index in [1.807, 2.05) is 60.7 Å². The molecule has 0 spiro atoms. The number of carbonyl (C=O) groups is 1. The van der Waals surface area contributed by atoms with Crippen LogP contribution < -0.4 is 11.1 Å². The molecule has 3 nitrogen and oxygen atoms in total. The number of carbonyl (C=O) groups excluding carboxylic acids is 1. The van der Waals surface area contributed by atoms with Crippen molar-refractivity contribution in [2.24, 2.45) is 5.73 Å². The van der Waals surface area contributed by atoms with Crippen LogP contribution >= 0.6 is 24.2 Å². The summed E-state index contributed by atoms with van der Waals surface area (Å²) >= 11 is 1.11. The Bertz CT molecular complexity index is 985. The third-order valence-electron chi connectivity index (χ3n) is 4.42. The van der Waals surface area contributed by atoms with Gasteiger partial charge in [-0.2, -0.15) is 13.2 Å². The van der Waals surface area contributed by atoms with Crippen LogP contribution in [-0.4, -0.2) is 11.9 Å². The quantitative estimate of drug-likeness (QED) is 0.424. The molecular formula is C23H22ClF3N2OS. The fourth-order valence-electron chi connectivity index (χ4n) is 2.89. The molecule has 0 aliphatic carbocycles. The molecule has 3 rings (SSSR count). The summed E-state index contributed by atoms with van der Waals surface area (Å²) in [5.74, 6) is -0.117. The van der Waals surface area contributed by atoms with Gasteiger partial charge in [0, 0.05) is 16.3 Å². The Morgan fingerprint density at radius 2 is 1.52 bits per heavy atom. The summed E-state index contributed by atoms with van der Waals surface area (Å²) in [6, 6.07) is 21.4. The van der Waals surface area contributed by atoms with Gasteiger partial charge in [0.2, 0.25) is 5.91 Å². The molecule has 1 unspecified atom stereocenters. The monoisotopic (exact) mass is 466 g/mol. The molecule has 0 radical (unpaired) electrons. The first-order valence-electron chi connectivity index (χ1n) is 9.31. The topological polar surface area (TPSA) is 55.1 Å². The van der Waals surface area contributed by atoms with E-state index in [2.05, 4.69) is 5.32 Å². The summed E-state index contributed by atoms with van der Waals surface area (Å²) in [4.78, 5) is 12.5. The Morgan fingerprint density at radius 1 is 0.935 bits per heavy atom. The highest BCUT2D eigenvalue weighted by Crippen LogP contribution is 2.39. The average Bonchev–Trinajstić information content (AvgIpc) is 2.73. The predicted molar refractivity (Wildman–Crippen MR) is 121 cm³/mol. The lowest BCUT2D eigenvalue weighted by Crippen LogP contribution is -2.37. The van der Waals surface area contributed by atoms with Crippen molar-refractivity contribution in [1.29, 1.82) is 0 Å². The summed E-state index contributed by atoms with van der Waals surface area (Å²) in [6.45, 7) is 0. The Balaban J connectivity index is 0.00000341. The lowest BCUT2D eigenvalue weighted by Gasteiger charge is -2.16. The van der Waals surface area contributed by atoms with Gasteiger partial charge in [-0.05, 0) is 35.7 Å². The maximum absolute atomic E-state index is 13.6. The Labute approximate surface area is 189 Å². The fraction of sp³-hybridized carbons (Fsp3) is 0.174. The highest BCUT2D eigenvalue weighted by molar-refractivity contribution is 7.98. The lowest BCUT2D eigenvalue weighted by atomic mass is 10.1. The standard InChI is InChI=1S/C23H21F3N2OS.ClH/c24-23(25,26)19-14-18(11-12-21(19)30-15-17-9-5-2-6-10-17)28-22(29)20(27)13-16-7-3-1-4-8-16;/h1-12,14,20H,13,15,27H2,(H,28,29);1H. The third-order valence-corrected chi connectivity index (χ3v) is 5.57. The molecule has 3 aromatic carbocycles. The van der Waals surface area contributed by atoms with Crippen LogP contribution in [-0.2, 0) is 23.1 Å². The van der Waals surface area contributed by atoms with E-state index in [0.29, 0.717) is 12.2 Å². The van der Waals surface area contributed by atoms with Crippen molar-refractivity contribution in [1.82, 2.24) is 0 Å². The van der Waals surface area contributed by atoms with Gasteiger partial charge < -0.3 is 11.1 Å². The van der Waals surface area contributed by atoms with Crippen LogP contribution in [0.3, 0.4) is 0 Å². The molecule has 0 aliphatic rings. The molecule has 1 atom stereocenters. The minimum atomic E-state index is -4.54. The minimum absolute atomic E-state index is 0. The first-order valence-corrected chi connectivity index (χ1v) is 10.3. The van der Waals surface area contributed by atoms with E-state index in [0.717, 1.165) is 29.0 Å². The first kappa shape index (κ1) is 24.8. The van der Waals surface area contributed by atoms with Crippen LogP contribution in [0, 0.1) is 0 Å². The number of hydrogen-bond acceptors (Lipinski definition) is 3. The van der Waals surface area contributed by atoms with E-state index in [-0.39, 0.29) is 23.0 Å². The smallest absolute Gasteiger partial charge is 0.325 e. The van der Waals surface area contributed by atoms with Crippen molar-refractivity contribution < 1.29 is 18.0 Å². The molecule has 0 bridgehead atoms. The third kappa shape index (κ3) is 7.31. The Hall–Kier alpha value is -2.48. The number of amides is 1. The zero-order valence-corrected chi connectivity index (χ0v) is 18.1. The first-order chi connectivity index (χ1) is 14.3.